The van der Waals surface area contributed by atoms with E-state index in [-0.39, 0.29) is 29.3 Å². The fourth-order valence-electron chi connectivity index (χ4n) is 9.85. The Morgan fingerprint density at radius 1 is 0.921 bits per heavy atom. The Bertz CT molecular complexity index is 931. The van der Waals surface area contributed by atoms with Gasteiger partial charge in [-0.3, -0.25) is 14.5 Å². The summed E-state index contributed by atoms with van der Waals surface area (Å²) in [6, 6.07) is -0.393. The van der Waals surface area contributed by atoms with Crippen LogP contribution < -0.4 is 0 Å². The topological polar surface area (TPSA) is 82.1 Å². The van der Waals surface area contributed by atoms with Gasteiger partial charge in [-0.25, -0.2) is 4.79 Å². The second-order valence-corrected chi connectivity index (χ2v) is 14.0. The maximum atomic E-state index is 12.8. The van der Waals surface area contributed by atoms with Crippen LogP contribution in [0.3, 0.4) is 0 Å². The van der Waals surface area contributed by atoms with Crippen LogP contribution in [0.2, 0.25) is 0 Å². The molecule has 0 radical (unpaired) electrons. The van der Waals surface area contributed by atoms with Crippen molar-refractivity contribution >= 4 is 17.7 Å². The maximum absolute atomic E-state index is 12.8. The van der Waals surface area contributed by atoms with Crippen molar-refractivity contribution in [2.45, 2.75) is 104 Å². The monoisotopic (exact) mass is 531 g/mol. The number of ketones is 1. The predicted octanol–water partition coefficient (Wildman–Crippen LogP) is 4.80. The largest absolute Gasteiger partial charge is 0.457 e. The molecule has 4 aliphatic carbocycles. The van der Waals surface area contributed by atoms with E-state index < -0.39 is 17.6 Å². The molecule has 0 amide bonds. The van der Waals surface area contributed by atoms with Gasteiger partial charge in [-0.05, 0) is 113 Å². The van der Waals surface area contributed by atoms with E-state index in [1.54, 1.807) is 6.92 Å². The fourth-order valence-corrected chi connectivity index (χ4v) is 9.85. The van der Waals surface area contributed by atoms with Crippen molar-refractivity contribution in [1.29, 1.82) is 0 Å². The minimum Gasteiger partial charge on any atom is -0.457 e. The molecule has 0 N–H and O–H groups in total. The first kappa shape index (κ1) is 28.1. The van der Waals surface area contributed by atoms with Gasteiger partial charge in [0.2, 0.25) is 0 Å². The van der Waals surface area contributed by atoms with Crippen LogP contribution in [0, 0.1) is 40.4 Å². The molecule has 0 aromatic heterocycles. The van der Waals surface area contributed by atoms with Gasteiger partial charge < -0.3 is 14.2 Å². The van der Waals surface area contributed by atoms with Crippen LogP contribution in [-0.4, -0.2) is 67.2 Å². The number of nitrogens with zero attached hydrogens (tertiary/aromatic N) is 1. The zero-order valence-corrected chi connectivity index (χ0v) is 24.3. The minimum atomic E-state index is -0.507. The molecule has 1 unspecified atom stereocenters. The van der Waals surface area contributed by atoms with E-state index in [0.717, 1.165) is 31.6 Å². The van der Waals surface area contributed by atoms with Crippen molar-refractivity contribution in [3.05, 3.63) is 0 Å². The molecule has 1 heterocycles. The number of Topliss-reactive ketones (excluding diaryl/α,β-unsaturated/α-hetero) is 1. The molecule has 1 saturated heterocycles. The number of hydrogen-bond donors (Lipinski definition) is 0. The lowest BCUT2D eigenvalue weighted by atomic mass is 9.44. The van der Waals surface area contributed by atoms with Gasteiger partial charge in [0.1, 0.15) is 17.4 Å². The summed E-state index contributed by atoms with van der Waals surface area (Å²) in [5, 5.41) is 0. The fraction of sp³-hybridized carbons (Fsp3) is 0.903. The van der Waals surface area contributed by atoms with Crippen LogP contribution in [0.4, 0.5) is 0 Å². The summed E-state index contributed by atoms with van der Waals surface area (Å²) in [5.74, 6) is 2.45. The Morgan fingerprint density at radius 2 is 1.63 bits per heavy atom. The van der Waals surface area contributed by atoms with Gasteiger partial charge in [0.25, 0.3) is 0 Å². The minimum absolute atomic E-state index is 0.186. The van der Waals surface area contributed by atoms with E-state index in [1.807, 2.05) is 11.8 Å². The van der Waals surface area contributed by atoms with Gasteiger partial charge in [-0.2, -0.15) is 0 Å². The van der Waals surface area contributed by atoms with Crippen LogP contribution in [-0.2, 0) is 28.6 Å². The van der Waals surface area contributed by atoms with E-state index in [1.165, 1.54) is 32.1 Å². The van der Waals surface area contributed by atoms with E-state index in [0.29, 0.717) is 49.8 Å². The van der Waals surface area contributed by atoms with E-state index >= 15 is 0 Å². The van der Waals surface area contributed by atoms with Gasteiger partial charge in [0, 0.05) is 19.0 Å². The van der Waals surface area contributed by atoms with Crippen molar-refractivity contribution < 1.29 is 28.6 Å². The van der Waals surface area contributed by atoms with Crippen LogP contribution in [0.5, 0.6) is 0 Å². The summed E-state index contributed by atoms with van der Waals surface area (Å²) >= 11 is 0. The molecule has 5 fully saturated rings. The molecule has 7 heteroatoms. The zero-order chi connectivity index (χ0) is 27.3. The summed E-state index contributed by atoms with van der Waals surface area (Å²) in [6.07, 6.45) is 9.89. The van der Waals surface area contributed by atoms with Gasteiger partial charge in [-0.1, -0.05) is 13.8 Å². The maximum Gasteiger partial charge on any atom is 0.344 e. The van der Waals surface area contributed by atoms with Crippen LogP contribution in [0.15, 0.2) is 0 Å². The number of carbonyl (C=O) groups is 3. The first-order chi connectivity index (χ1) is 18.0. The third-order valence-corrected chi connectivity index (χ3v) is 12.1. The first-order valence-corrected chi connectivity index (χ1v) is 15.2. The number of rotatable bonds is 6. The molecular weight excluding hydrogens is 482 g/mol. The highest BCUT2D eigenvalue weighted by atomic mass is 16.6. The second kappa shape index (κ2) is 10.5. The smallest absolute Gasteiger partial charge is 0.344 e. The average molecular weight is 532 g/mol. The predicted molar refractivity (Wildman–Crippen MR) is 143 cm³/mol. The molecule has 0 bridgehead atoms. The molecule has 0 spiro atoms. The number of ether oxygens (including phenoxy) is 3. The number of hydrogen-bond acceptors (Lipinski definition) is 7. The van der Waals surface area contributed by atoms with Crippen molar-refractivity contribution in [3.63, 3.8) is 0 Å². The summed E-state index contributed by atoms with van der Waals surface area (Å²) < 4.78 is 16.7. The van der Waals surface area contributed by atoms with Gasteiger partial charge >= 0.3 is 11.9 Å². The Morgan fingerprint density at radius 3 is 2.34 bits per heavy atom. The lowest BCUT2D eigenvalue weighted by Gasteiger charge is -2.62. The van der Waals surface area contributed by atoms with Gasteiger partial charge in [-0.15, -0.1) is 0 Å². The quantitative estimate of drug-likeness (QED) is 0.455. The van der Waals surface area contributed by atoms with E-state index in [2.05, 4.69) is 20.8 Å². The van der Waals surface area contributed by atoms with Crippen LogP contribution in [0.25, 0.3) is 0 Å². The lowest BCUT2D eigenvalue weighted by molar-refractivity contribution is -0.187. The molecule has 5 aliphatic rings. The lowest BCUT2D eigenvalue weighted by Crippen LogP contribution is -2.56. The molecule has 9 atom stereocenters. The first-order valence-electron chi connectivity index (χ1n) is 15.2. The third kappa shape index (κ3) is 4.95. The Labute approximate surface area is 228 Å². The molecule has 214 valence electrons. The van der Waals surface area contributed by atoms with Crippen LogP contribution in [0.1, 0.15) is 92.4 Å². The Balaban J connectivity index is 1.16. The molecular formula is C31H49NO6. The Kier molecular flexibility index (Phi) is 7.75. The molecule has 38 heavy (non-hydrogen) atoms. The Hall–Kier alpha value is -1.47. The van der Waals surface area contributed by atoms with Gasteiger partial charge in [0.15, 0.2) is 6.61 Å². The summed E-state index contributed by atoms with van der Waals surface area (Å²) in [6.45, 7) is 12.9. The van der Waals surface area contributed by atoms with Crippen molar-refractivity contribution in [2.75, 3.05) is 32.9 Å². The molecule has 1 aliphatic heterocycles. The molecule has 0 aromatic rings. The van der Waals surface area contributed by atoms with Crippen molar-refractivity contribution in [3.8, 4) is 0 Å². The summed E-state index contributed by atoms with van der Waals surface area (Å²) in [7, 11) is 0. The zero-order valence-electron chi connectivity index (χ0n) is 24.3. The second-order valence-electron chi connectivity index (χ2n) is 14.0. The summed E-state index contributed by atoms with van der Waals surface area (Å²) in [5.41, 5.74) is -0.0528. The average Bonchev–Trinajstić information content (AvgIpc) is 3.25. The van der Waals surface area contributed by atoms with E-state index in [4.69, 9.17) is 14.2 Å². The van der Waals surface area contributed by atoms with Crippen LogP contribution >= 0.6 is 0 Å². The summed E-state index contributed by atoms with van der Waals surface area (Å²) in [4.78, 5) is 39.7. The number of carbonyl (C=O) groups excluding carboxylic acids is 3. The highest BCUT2D eigenvalue weighted by Gasteiger charge is 2.61. The highest BCUT2D eigenvalue weighted by molar-refractivity contribution is 5.80. The number of morpholine rings is 1. The molecule has 4 saturated carbocycles. The SMILES string of the molecule is CC(=O)[C@H]1CC[C@H]2[C@@H]3CC[C@H]4C[C@](C)(OC(=O)COC(=O)C(C)N5CCOCC5)CC[C@]4(C)[C@H]3CC[C@]12C. The highest BCUT2D eigenvalue weighted by Crippen LogP contribution is 2.68. The van der Waals surface area contributed by atoms with Crippen molar-refractivity contribution in [1.82, 2.24) is 4.90 Å². The number of esters is 2. The third-order valence-electron chi connectivity index (χ3n) is 12.1. The number of fused-ring (bicyclic) bond motifs is 5. The molecule has 0 aromatic carbocycles. The van der Waals surface area contributed by atoms with Crippen molar-refractivity contribution in [2.24, 2.45) is 40.4 Å². The normalized spacial score (nSPS) is 43.8. The van der Waals surface area contributed by atoms with E-state index in [9.17, 15) is 14.4 Å². The molecule has 5 rings (SSSR count). The molecule has 7 nitrogen and oxygen atoms in total. The standard InChI is InChI=1S/C31H49NO6/c1-20(32-14-16-36-17-15-32)28(35)37-19-27(34)38-29(3)12-13-30(4)22(18-29)6-7-23-25-9-8-24(21(2)33)31(25,5)11-10-26(23)30/h20,22-26H,6-19H2,1-5H3/t20?,22-,23-,24+,25-,26-,29+,30-,31+/m0/s1. The van der Waals surface area contributed by atoms with Gasteiger partial charge in [0.05, 0.1) is 13.2 Å².